The molecule has 1 unspecified atom stereocenters. The summed E-state index contributed by atoms with van der Waals surface area (Å²) >= 11 is 12.6. The molecule has 3 rings (SSSR count). The molecule has 2 aliphatic heterocycles. The largest absolute Gasteiger partial charge is 0.367 e. The van der Waals surface area contributed by atoms with E-state index in [2.05, 4.69) is 31.6 Å². The van der Waals surface area contributed by atoms with Crippen LogP contribution < -0.4 is 26.6 Å². The molecule has 6 nitrogen and oxygen atoms in total. The first kappa shape index (κ1) is 13.8. The number of hydrogen-bond acceptors (Lipinski definition) is 6. The van der Waals surface area contributed by atoms with Crippen LogP contribution in [0, 0.1) is 0 Å². The molecular formula is C12H16Cl2N6. The fraction of sp³-hybridized carbons (Fsp3) is 0.417. The highest BCUT2D eigenvalue weighted by Crippen LogP contribution is 2.36. The Morgan fingerprint density at radius 1 is 1.30 bits per heavy atom. The molecular weight excluding hydrogens is 299 g/mol. The number of hydrogen-bond donors (Lipinski definition) is 5. The van der Waals surface area contributed by atoms with E-state index in [0.717, 1.165) is 32.0 Å². The third kappa shape index (κ3) is 2.93. The Hall–Kier alpha value is -1.21. The molecule has 1 saturated heterocycles. The summed E-state index contributed by atoms with van der Waals surface area (Å²) in [6.45, 7) is 3.21. The molecule has 8 heteroatoms. The van der Waals surface area contributed by atoms with E-state index in [4.69, 9.17) is 23.2 Å². The maximum Gasteiger partial charge on any atom is 0.196 e. The lowest BCUT2D eigenvalue weighted by Crippen LogP contribution is -2.32. The first-order valence-electron chi connectivity index (χ1n) is 6.48. The molecule has 0 aromatic heterocycles. The van der Waals surface area contributed by atoms with Crippen molar-refractivity contribution in [3.63, 3.8) is 0 Å². The molecule has 108 valence electrons. The molecule has 0 bridgehead atoms. The lowest BCUT2D eigenvalue weighted by atomic mass is 10.2. The molecule has 2 heterocycles. The number of rotatable bonds is 3. The first-order chi connectivity index (χ1) is 9.74. The molecule has 0 amide bonds. The summed E-state index contributed by atoms with van der Waals surface area (Å²) in [5.74, 6) is 0.701. The molecule has 1 aromatic carbocycles. The smallest absolute Gasteiger partial charge is 0.196 e. The molecule has 20 heavy (non-hydrogen) atoms. The van der Waals surface area contributed by atoms with Gasteiger partial charge in [0.15, 0.2) is 5.96 Å². The summed E-state index contributed by atoms with van der Waals surface area (Å²) in [5, 5.41) is 17.2. The Morgan fingerprint density at radius 3 is 2.90 bits per heavy atom. The van der Waals surface area contributed by atoms with Crippen molar-refractivity contribution in [3.05, 3.63) is 22.2 Å². The number of guanidine groups is 1. The number of nitrogens with zero attached hydrogens (tertiary/aromatic N) is 1. The predicted octanol–water partition coefficient (Wildman–Crippen LogP) is 1.25. The van der Waals surface area contributed by atoms with Gasteiger partial charge in [-0.25, -0.2) is 0 Å². The molecule has 0 radical (unpaired) electrons. The lowest BCUT2D eigenvalue weighted by Gasteiger charge is -2.18. The second-order valence-electron chi connectivity index (χ2n) is 4.60. The van der Waals surface area contributed by atoms with Crippen molar-refractivity contribution in [1.82, 2.24) is 16.0 Å². The van der Waals surface area contributed by atoms with E-state index in [1.165, 1.54) is 0 Å². The van der Waals surface area contributed by atoms with Crippen LogP contribution in [0.2, 0.25) is 10.0 Å². The van der Waals surface area contributed by atoms with E-state index < -0.39 is 0 Å². The molecule has 2 aliphatic rings. The number of nitrogens with one attached hydrogen (secondary N) is 5. The Kier molecular flexibility index (Phi) is 4.16. The van der Waals surface area contributed by atoms with Crippen molar-refractivity contribution in [2.24, 2.45) is 4.99 Å². The third-order valence-corrected chi connectivity index (χ3v) is 3.87. The van der Waals surface area contributed by atoms with Crippen LogP contribution in [0.15, 0.2) is 17.1 Å². The van der Waals surface area contributed by atoms with Crippen LogP contribution >= 0.6 is 23.2 Å². The molecule has 1 fully saturated rings. The normalized spacial score (nSPS) is 21.5. The van der Waals surface area contributed by atoms with Crippen LogP contribution in [0.25, 0.3) is 0 Å². The summed E-state index contributed by atoms with van der Waals surface area (Å²) in [4.78, 5) is 4.28. The summed E-state index contributed by atoms with van der Waals surface area (Å²) in [6.07, 6.45) is 0.156. The van der Waals surface area contributed by atoms with E-state index in [1.54, 1.807) is 0 Å². The second kappa shape index (κ2) is 6.05. The average molecular weight is 315 g/mol. The van der Waals surface area contributed by atoms with Gasteiger partial charge in [0.1, 0.15) is 0 Å². The Labute approximate surface area is 127 Å². The van der Waals surface area contributed by atoms with Gasteiger partial charge in [-0.2, -0.15) is 0 Å². The monoisotopic (exact) mass is 314 g/mol. The highest BCUT2D eigenvalue weighted by atomic mass is 35.5. The quantitative estimate of drug-likeness (QED) is 0.581. The van der Waals surface area contributed by atoms with E-state index >= 15 is 0 Å². The van der Waals surface area contributed by atoms with Gasteiger partial charge in [0.2, 0.25) is 0 Å². The van der Waals surface area contributed by atoms with E-state index in [-0.39, 0.29) is 6.17 Å². The standard InChI is InChI=1S/C12H16Cl2N6/c13-7-1-2-8(19-9-5-15-6-18-9)10(14)11(7)20-12-16-3-4-17-12/h1-2,9,15,18-19H,3-6H2,(H2,16,17,20). The molecule has 0 aliphatic carbocycles. The summed E-state index contributed by atoms with van der Waals surface area (Å²) in [7, 11) is 0. The van der Waals surface area contributed by atoms with Gasteiger partial charge in [-0.15, -0.1) is 0 Å². The van der Waals surface area contributed by atoms with Crippen molar-refractivity contribution in [1.29, 1.82) is 0 Å². The highest BCUT2D eigenvalue weighted by Gasteiger charge is 2.18. The molecule has 0 spiro atoms. The number of benzene rings is 1. The second-order valence-corrected chi connectivity index (χ2v) is 5.38. The Balaban J connectivity index is 1.80. The zero-order valence-corrected chi connectivity index (χ0v) is 12.3. The van der Waals surface area contributed by atoms with Crippen molar-refractivity contribution < 1.29 is 0 Å². The molecule has 1 aromatic rings. The maximum atomic E-state index is 6.43. The van der Waals surface area contributed by atoms with Gasteiger partial charge in [-0.05, 0) is 12.1 Å². The van der Waals surface area contributed by atoms with Crippen LogP contribution in [-0.2, 0) is 0 Å². The zero-order valence-electron chi connectivity index (χ0n) is 10.8. The molecule has 5 N–H and O–H groups in total. The Morgan fingerprint density at radius 2 is 2.20 bits per heavy atom. The van der Waals surface area contributed by atoms with Crippen LogP contribution in [0.1, 0.15) is 0 Å². The topological polar surface area (TPSA) is 72.5 Å². The van der Waals surface area contributed by atoms with Gasteiger partial charge in [-0.1, -0.05) is 23.2 Å². The van der Waals surface area contributed by atoms with Gasteiger partial charge in [0.25, 0.3) is 0 Å². The summed E-state index contributed by atoms with van der Waals surface area (Å²) in [5.41, 5.74) is 1.50. The fourth-order valence-electron chi connectivity index (χ4n) is 2.15. The molecule has 1 atom stereocenters. The minimum Gasteiger partial charge on any atom is -0.367 e. The first-order valence-corrected chi connectivity index (χ1v) is 7.23. The van der Waals surface area contributed by atoms with Crippen molar-refractivity contribution in [2.75, 3.05) is 36.9 Å². The van der Waals surface area contributed by atoms with Crippen molar-refractivity contribution in [3.8, 4) is 0 Å². The number of halogens is 2. The maximum absolute atomic E-state index is 6.43. The minimum absolute atomic E-state index is 0.156. The van der Waals surface area contributed by atoms with Gasteiger partial charge >= 0.3 is 0 Å². The van der Waals surface area contributed by atoms with Gasteiger partial charge in [-0.3, -0.25) is 10.3 Å². The predicted molar refractivity (Wildman–Crippen MR) is 83.8 cm³/mol. The van der Waals surface area contributed by atoms with Gasteiger partial charge in [0, 0.05) is 19.8 Å². The summed E-state index contributed by atoms with van der Waals surface area (Å²) < 4.78 is 0. The van der Waals surface area contributed by atoms with Gasteiger partial charge in [0.05, 0.1) is 34.1 Å². The average Bonchev–Trinajstić information content (AvgIpc) is 3.11. The van der Waals surface area contributed by atoms with Crippen LogP contribution in [0.3, 0.4) is 0 Å². The lowest BCUT2D eigenvalue weighted by molar-refractivity contribution is 0.706. The minimum atomic E-state index is 0.156. The van der Waals surface area contributed by atoms with Crippen molar-refractivity contribution in [2.45, 2.75) is 6.17 Å². The van der Waals surface area contributed by atoms with Crippen LogP contribution in [-0.4, -0.2) is 38.4 Å². The fourth-order valence-corrected chi connectivity index (χ4v) is 2.67. The molecule has 0 saturated carbocycles. The van der Waals surface area contributed by atoms with Crippen LogP contribution in [0.5, 0.6) is 0 Å². The zero-order chi connectivity index (χ0) is 13.9. The third-order valence-electron chi connectivity index (χ3n) is 3.16. The summed E-state index contributed by atoms with van der Waals surface area (Å²) in [6, 6.07) is 3.69. The van der Waals surface area contributed by atoms with E-state index in [0.29, 0.717) is 21.7 Å². The number of aliphatic imine (C=N–C) groups is 1. The van der Waals surface area contributed by atoms with E-state index in [1.807, 2.05) is 12.1 Å². The van der Waals surface area contributed by atoms with E-state index in [9.17, 15) is 0 Å². The SMILES string of the molecule is Clc1ccc(NC2CNCN2)c(Cl)c1NC1=NCCN1. The Bertz CT molecular complexity index is 527. The van der Waals surface area contributed by atoms with Gasteiger partial charge < -0.3 is 21.3 Å². The highest BCUT2D eigenvalue weighted by molar-refractivity contribution is 6.41. The van der Waals surface area contributed by atoms with Crippen molar-refractivity contribution >= 4 is 40.5 Å². The van der Waals surface area contributed by atoms with Crippen LogP contribution in [0.4, 0.5) is 11.4 Å². The number of anilines is 2.